The largest absolute Gasteiger partial charge is 0.398 e. The molecular formula is C26H26N2. The van der Waals surface area contributed by atoms with Crippen LogP contribution in [0.3, 0.4) is 0 Å². The quantitative estimate of drug-likeness (QED) is 0.382. The number of hydrogen-bond donors (Lipinski definition) is 2. The predicted octanol–water partition coefficient (Wildman–Crippen LogP) is 7.05. The van der Waals surface area contributed by atoms with Crippen molar-refractivity contribution in [2.45, 2.75) is 13.8 Å². The summed E-state index contributed by atoms with van der Waals surface area (Å²) in [5.41, 5.74) is 16.8. The molecule has 140 valence electrons. The minimum atomic E-state index is 0. The molecule has 0 aliphatic rings. The monoisotopic (exact) mass is 366 g/mol. The number of benzene rings is 4. The fourth-order valence-electron chi connectivity index (χ4n) is 3.69. The number of anilines is 1. The van der Waals surface area contributed by atoms with Gasteiger partial charge in [0.05, 0.1) is 0 Å². The first-order chi connectivity index (χ1) is 13.1. The van der Waals surface area contributed by atoms with Gasteiger partial charge in [0, 0.05) is 11.3 Å². The van der Waals surface area contributed by atoms with Crippen LogP contribution in [0.4, 0.5) is 5.69 Å². The zero-order chi connectivity index (χ0) is 18.8. The highest BCUT2D eigenvalue weighted by Gasteiger charge is 2.17. The van der Waals surface area contributed by atoms with Gasteiger partial charge in [0.25, 0.3) is 0 Å². The van der Waals surface area contributed by atoms with Crippen LogP contribution in [0.25, 0.3) is 33.4 Å². The maximum atomic E-state index is 6.53. The molecule has 0 saturated heterocycles. The molecular weight excluding hydrogens is 340 g/mol. The zero-order valence-electron chi connectivity index (χ0n) is 16.4. The van der Waals surface area contributed by atoms with E-state index in [0.29, 0.717) is 0 Å². The Morgan fingerprint density at radius 1 is 0.536 bits per heavy atom. The third kappa shape index (κ3) is 3.68. The van der Waals surface area contributed by atoms with Crippen LogP contribution in [-0.4, -0.2) is 0 Å². The van der Waals surface area contributed by atoms with Crippen LogP contribution in [0.1, 0.15) is 11.1 Å². The predicted molar refractivity (Wildman–Crippen MR) is 122 cm³/mol. The molecule has 0 unspecified atom stereocenters. The second-order valence-electron chi connectivity index (χ2n) is 7.06. The molecule has 28 heavy (non-hydrogen) atoms. The zero-order valence-corrected chi connectivity index (χ0v) is 16.4. The van der Waals surface area contributed by atoms with Crippen molar-refractivity contribution in [1.29, 1.82) is 0 Å². The van der Waals surface area contributed by atoms with E-state index in [1.807, 2.05) is 6.07 Å². The van der Waals surface area contributed by atoms with Crippen molar-refractivity contribution in [3.05, 3.63) is 102 Å². The van der Waals surface area contributed by atoms with Crippen molar-refractivity contribution in [3.8, 4) is 33.4 Å². The van der Waals surface area contributed by atoms with Gasteiger partial charge in [0.15, 0.2) is 0 Å². The van der Waals surface area contributed by atoms with E-state index in [1.165, 1.54) is 33.4 Å². The van der Waals surface area contributed by atoms with Crippen LogP contribution in [0, 0.1) is 13.8 Å². The van der Waals surface area contributed by atoms with Crippen LogP contribution in [0.5, 0.6) is 0 Å². The molecule has 5 N–H and O–H groups in total. The third-order valence-electron chi connectivity index (χ3n) is 4.94. The minimum absolute atomic E-state index is 0. The molecule has 4 aromatic rings. The number of nitrogen functional groups attached to an aromatic ring is 1. The first-order valence-corrected chi connectivity index (χ1v) is 9.25. The van der Waals surface area contributed by atoms with Gasteiger partial charge in [0.2, 0.25) is 0 Å². The Labute approximate surface area is 167 Å². The van der Waals surface area contributed by atoms with E-state index in [1.54, 1.807) is 0 Å². The summed E-state index contributed by atoms with van der Waals surface area (Å²) in [4.78, 5) is 0. The van der Waals surface area contributed by atoms with Gasteiger partial charge in [0.1, 0.15) is 0 Å². The summed E-state index contributed by atoms with van der Waals surface area (Å²) in [5.74, 6) is 0. The first-order valence-electron chi connectivity index (χ1n) is 9.25. The fraction of sp³-hybridized carbons (Fsp3) is 0.0769. The van der Waals surface area contributed by atoms with E-state index in [4.69, 9.17) is 5.73 Å². The summed E-state index contributed by atoms with van der Waals surface area (Å²) in [5, 5.41) is 0. The lowest BCUT2D eigenvalue weighted by atomic mass is 9.86. The van der Waals surface area contributed by atoms with E-state index in [0.717, 1.165) is 16.8 Å². The smallest absolute Gasteiger partial charge is 0.0400 e. The summed E-state index contributed by atoms with van der Waals surface area (Å²) in [6, 6.07) is 31.9. The van der Waals surface area contributed by atoms with Gasteiger partial charge in [-0.25, -0.2) is 0 Å². The number of rotatable bonds is 3. The highest BCUT2D eigenvalue weighted by atomic mass is 14.6. The molecule has 0 saturated carbocycles. The van der Waals surface area contributed by atoms with Gasteiger partial charge in [-0.15, -0.1) is 0 Å². The van der Waals surface area contributed by atoms with Crippen LogP contribution >= 0.6 is 0 Å². The van der Waals surface area contributed by atoms with Gasteiger partial charge in [-0.3, -0.25) is 0 Å². The average Bonchev–Trinajstić information content (AvgIpc) is 2.68. The van der Waals surface area contributed by atoms with Crippen molar-refractivity contribution >= 4 is 5.69 Å². The van der Waals surface area contributed by atoms with Gasteiger partial charge in [-0.05, 0) is 47.7 Å². The van der Waals surface area contributed by atoms with Crippen molar-refractivity contribution < 1.29 is 0 Å². The topological polar surface area (TPSA) is 61.0 Å². The summed E-state index contributed by atoms with van der Waals surface area (Å²) in [6.07, 6.45) is 0. The maximum absolute atomic E-state index is 6.53. The summed E-state index contributed by atoms with van der Waals surface area (Å²) < 4.78 is 0. The Hall–Kier alpha value is -3.36. The molecule has 0 radical (unpaired) electrons. The standard InChI is InChI=1S/C26H23N.H3N/c1-18-8-6-12-21(16-18)25-23(20-10-4-3-5-11-20)14-15-24(27)26(25)22-13-7-9-19(2)17-22;/h3-17H,27H2,1-2H3;1H3. The van der Waals surface area contributed by atoms with Crippen LogP contribution < -0.4 is 11.9 Å². The van der Waals surface area contributed by atoms with E-state index in [-0.39, 0.29) is 6.15 Å². The second kappa shape index (κ2) is 8.12. The number of hydrogen-bond acceptors (Lipinski definition) is 2. The van der Waals surface area contributed by atoms with Gasteiger partial charge in [-0.1, -0.05) is 96.1 Å². The molecule has 0 aromatic heterocycles. The SMILES string of the molecule is Cc1cccc(-c2c(N)ccc(-c3ccccc3)c2-c2cccc(C)c2)c1.N. The molecule has 4 aromatic carbocycles. The Morgan fingerprint density at radius 2 is 1.07 bits per heavy atom. The van der Waals surface area contributed by atoms with Crippen LogP contribution in [-0.2, 0) is 0 Å². The van der Waals surface area contributed by atoms with Gasteiger partial charge in [-0.2, -0.15) is 0 Å². The molecule has 0 atom stereocenters. The molecule has 0 heterocycles. The van der Waals surface area contributed by atoms with Crippen molar-refractivity contribution in [2.75, 3.05) is 5.73 Å². The molecule has 0 aliphatic heterocycles. The van der Waals surface area contributed by atoms with Gasteiger partial charge >= 0.3 is 0 Å². The third-order valence-corrected chi connectivity index (χ3v) is 4.94. The summed E-state index contributed by atoms with van der Waals surface area (Å²) in [7, 11) is 0. The Bertz CT molecular complexity index is 1100. The molecule has 0 bridgehead atoms. The fourth-order valence-corrected chi connectivity index (χ4v) is 3.69. The molecule has 0 spiro atoms. The highest BCUT2D eigenvalue weighted by Crippen LogP contribution is 2.43. The normalized spacial score (nSPS) is 10.4. The maximum Gasteiger partial charge on any atom is 0.0400 e. The Morgan fingerprint density at radius 3 is 1.64 bits per heavy atom. The van der Waals surface area contributed by atoms with Crippen molar-refractivity contribution in [2.24, 2.45) is 0 Å². The lowest BCUT2D eigenvalue weighted by Gasteiger charge is -2.19. The number of nitrogens with two attached hydrogens (primary N) is 1. The van der Waals surface area contributed by atoms with Gasteiger partial charge < -0.3 is 11.9 Å². The summed E-state index contributed by atoms with van der Waals surface area (Å²) in [6.45, 7) is 4.25. The van der Waals surface area contributed by atoms with Crippen LogP contribution in [0.15, 0.2) is 91.0 Å². The second-order valence-corrected chi connectivity index (χ2v) is 7.06. The molecule has 2 heteroatoms. The van der Waals surface area contributed by atoms with E-state index in [2.05, 4.69) is 98.8 Å². The Kier molecular flexibility index (Phi) is 5.62. The molecule has 0 aliphatic carbocycles. The summed E-state index contributed by atoms with van der Waals surface area (Å²) >= 11 is 0. The van der Waals surface area contributed by atoms with E-state index >= 15 is 0 Å². The average molecular weight is 367 g/mol. The Balaban J connectivity index is 0.00000225. The molecule has 4 rings (SSSR count). The lowest BCUT2D eigenvalue weighted by molar-refractivity contribution is 1.45. The highest BCUT2D eigenvalue weighted by molar-refractivity contribution is 5.99. The first kappa shape index (κ1) is 19.4. The van der Waals surface area contributed by atoms with Crippen molar-refractivity contribution in [3.63, 3.8) is 0 Å². The number of aryl methyl sites for hydroxylation is 2. The van der Waals surface area contributed by atoms with Crippen molar-refractivity contribution in [1.82, 2.24) is 6.15 Å². The minimum Gasteiger partial charge on any atom is -0.398 e. The van der Waals surface area contributed by atoms with E-state index < -0.39 is 0 Å². The van der Waals surface area contributed by atoms with Crippen LogP contribution in [0.2, 0.25) is 0 Å². The molecule has 0 fully saturated rings. The molecule has 0 amide bonds. The molecule has 2 nitrogen and oxygen atoms in total. The lowest BCUT2D eigenvalue weighted by Crippen LogP contribution is -1.97. The van der Waals surface area contributed by atoms with E-state index in [9.17, 15) is 0 Å².